The van der Waals surface area contributed by atoms with Crippen LogP contribution in [0.4, 0.5) is 11.6 Å². The lowest BCUT2D eigenvalue weighted by atomic mass is 10.2. The molecule has 108 valence electrons. The van der Waals surface area contributed by atoms with Gasteiger partial charge in [-0.3, -0.25) is 0 Å². The molecule has 0 aromatic carbocycles. The van der Waals surface area contributed by atoms with E-state index in [-0.39, 0.29) is 0 Å². The van der Waals surface area contributed by atoms with Gasteiger partial charge in [-0.15, -0.1) is 0 Å². The van der Waals surface area contributed by atoms with Crippen molar-refractivity contribution in [1.82, 2.24) is 9.97 Å². The highest BCUT2D eigenvalue weighted by molar-refractivity contribution is 5.57. The highest BCUT2D eigenvalue weighted by atomic mass is 16.3. The van der Waals surface area contributed by atoms with Crippen molar-refractivity contribution >= 4 is 11.6 Å². The lowest BCUT2D eigenvalue weighted by molar-refractivity contribution is 0.513. The lowest BCUT2D eigenvalue weighted by Gasteiger charge is -2.13. The number of furan rings is 1. The van der Waals surface area contributed by atoms with Crippen LogP contribution in [0.15, 0.2) is 22.8 Å². The summed E-state index contributed by atoms with van der Waals surface area (Å²) in [6.45, 7) is 4.95. The van der Waals surface area contributed by atoms with Crippen LogP contribution >= 0.6 is 0 Å². The summed E-state index contributed by atoms with van der Waals surface area (Å²) in [4.78, 5) is 9.12. The first-order valence-electron chi connectivity index (χ1n) is 7.06. The largest absolute Gasteiger partial charge is 0.469 e. The van der Waals surface area contributed by atoms with Gasteiger partial charge in [-0.05, 0) is 25.5 Å². The Bertz CT molecular complexity index is 537. The Kier molecular flexibility index (Phi) is 4.98. The minimum Gasteiger partial charge on any atom is -0.469 e. The standard InChI is InChI=1S/C15H22N4O/c1-4-6-13-18-14(16-3)11(2)15(19-13)17-9-8-12-7-5-10-20-12/h5,7,10H,4,6,8-9H2,1-3H3,(H2,16,17,18,19). The van der Waals surface area contributed by atoms with Gasteiger partial charge >= 0.3 is 0 Å². The van der Waals surface area contributed by atoms with Gasteiger partial charge in [0.2, 0.25) is 0 Å². The molecule has 0 aliphatic heterocycles. The number of anilines is 2. The maximum absolute atomic E-state index is 5.32. The van der Waals surface area contributed by atoms with E-state index >= 15 is 0 Å². The smallest absolute Gasteiger partial charge is 0.134 e. The van der Waals surface area contributed by atoms with E-state index in [0.29, 0.717) is 0 Å². The molecule has 0 spiro atoms. The maximum Gasteiger partial charge on any atom is 0.134 e. The minimum absolute atomic E-state index is 0.792. The first-order valence-corrected chi connectivity index (χ1v) is 7.06. The summed E-state index contributed by atoms with van der Waals surface area (Å²) >= 11 is 0. The van der Waals surface area contributed by atoms with Crippen LogP contribution in [0.3, 0.4) is 0 Å². The Balaban J connectivity index is 2.06. The van der Waals surface area contributed by atoms with Crippen molar-refractivity contribution in [1.29, 1.82) is 0 Å². The van der Waals surface area contributed by atoms with Gasteiger partial charge in [0.1, 0.15) is 23.2 Å². The number of hydrogen-bond acceptors (Lipinski definition) is 5. The maximum atomic E-state index is 5.32. The molecule has 0 unspecified atom stereocenters. The number of hydrogen-bond donors (Lipinski definition) is 2. The predicted molar refractivity (Wildman–Crippen MR) is 81.2 cm³/mol. The Morgan fingerprint density at radius 1 is 1.20 bits per heavy atom. The normalized spacial score (nSPS) is 10.6. The number of rotatable bonds is 7. The number of aromatic nitrogens is 2. The van der Waals surface area contributed by atoms with E-state index in [1.165, 1.54) is 0 Å². The van der Waals surface area contributed by atoms with Crippen LogP contribution in [0.2, 0.25) is 0 Å². The molecule has 2 aromatic heterocycles. The average molecular weight is 274 g/mol. The van der Waals surface area contributed by atoms with Crippen molar-refractivity contribution in [3.63, 3.8) is 0 Å². The van der Waals surface area contributed by atoms with E-state index in [9.17, 15) is 0 Å². The fraction of sp³-hybridized carbons (Fsp3) is 0.467. The Labute approximate surface area is 119 Å². The third-order valence-corrected chi connectivity index (χ3v) is 3.15. The van der Waals surface area contributed by atoms with Crippen molar-refractivity contribution in [2.45, 2.75) is 33.1 Å². The molecule has 0 radical (unpaired) electrons. The zero-order chi connectivity index (χ0) is 14.4. The van der Waals surface area contributed by atoms with E-state index in [0.717, 1.165) is 54.6 Å². The zero-order valence-electron chi connectivity index (χ0n) is 12.4. The number of nitrogens with zero attached hydrogens (tertiary/aromatic N) is 2. The van der Waals surface area contributed by atoms with Gasteiger partial charge in [-0.25, -0.2) is 9.97 Å². The van der Waals surface area contributed by atoms with Gasteiger partial charge in [0.25, 0.3) is 0 Å². The quantitative estimate of drug-likeness (QED) is 0.812. The molecule has 0 amide bonds. The predicted octanol–water partition coefficient (Wildman–Crippen LogP) is 3.03. The molecule has 0 saturated carbocycles. The molecule has 2 N–H and O–H groups in total. The first-order chi connectivity index (χ1) is 9.74. The second-order valence-electron chi connectivity index (χ2n) is 4.72. The molecule has 2 rings (SSSR count). The van der Waals surface area contributed by atoms with E-state index in [1.807, 2.05) is 26.1 Å². The minimum atomic E-state index is 0.792. The summed E-state index contributed by atoms with van der Waals surface area (Å²) in [7, 11) is 1.89. The van der Waals surface area contributed by atoms with Gasteiger partial charge in [0.05, 0.1) is 6.26 Å². The average Bonchev–Trinajstić information content (AvgIpc) is 2.95. The van der Waals surface area contributed by atoms with Gasteiger partial charge in [-0.2, -0.15) is 0 Å². The van der Waals surface area contributed by atoms with Gasteiger partial charge < -0.3 is 15.1 Å². The molecule has 0 aliphatic rings. The summed E-state index contributed by atoms with van der Waals surface area (Å²) in [5.41, 5.74) is 1.05. The van der Waals surface area contributed by atoms with Crippen LogP contribution in [0.5, 0.6) is 0 Å². The highest BCUT2D eigenvalue weighted by Crippen LogP contribution is 2.20. The van der Waals surface area contributed by atoms with Crippen molar-refractivity contribution in [2.24, 2.45) is 0 Å². The molecule has 5 nitrogen and oxygen atoms in total. The monoisotopic (exact) mass is 274 g/mol. The molecule has 20 heavy (non-hydrogen) atoms. The molecule has 0 fully saturated rings. The van der Waals surface area contributed by atoms with Crippen LogP contribution < -0.4 is 10.6 Å². The summed E-state index contributed by atoms with van der Waals surface area (Å²) < 4.78 is 5.32. The fourth-order valence-electron chi connectivity index (χ4n) is 2.07. The van der Waals surface area contributed by atoms with Gasteiger partial charge in [0, 0.05) is 32.0 Å². The van der Waals surface area contributed by atoms with E-state index in [2.05, 4.69) is 27.5 Å². The Morgan fingerprint density at radius 3 is 2.65 bits per heavy atom. The zero-order valence-corrected chi connectivity index (χ0v) is 12.4. The van der Waals surface area contributed by atoms with E-state index in [4.69, 9.17) is 4.42 Å². The third-order valence-electron chi connectivity index (χ3n) is 3.15. The second-order valence-corrected chi connectivity index (χ2v) is 4.72. The van der Waals surface area contributed by atoms with Crippen LogP contribution in [0.25, 0.3) is 0 Å². The Morgan fingerprint density at radius 2 is 2.00 bits per heavy atom. The fourth-order valence-corrected chi connectivity index (χ4v) is 2.07. The molecule has 0 aliphatic carbocycles. The molecule has 5 heteroatoms. The highest BCUT2D eigenvalue weighted by Gasteiger charge is 2.09. The van der Waals surface area contributed by atoms with Crippen molar-refractivity contribution < 1.29 is 4.42 Å². The van der Waals surface area contributed by atoms with E-state index in [1.54, 1.807) is 6.26 Å². The third kappa shape index (κ3) is 3.50. The van der Waals surface area contributed by atoms with Crippen LogP contribution in [0.1, 0.15) is 30.5 Å². The molecule has 2 heterocycles. The SMILES string of the molecule is CCCc1nc(NC)c(C)c(NCCc2ccco2)n1. The molecule has 0 saturated heterocycles. The molecule has 0 atom stereocenters. The van der Waals surface area contributed by atoms with Crippen molar-refractivity contribution in [3.05, 3.63) is 35.5 Å². The molecular formula is C15H22N4O. The van der Waals surface area contributed by atoms with Crippen LogP contribution in [-0.2, 0) is 12.8 Å². The lowest BCUT2D eigenvalue weighted by Crippen LogP contribution is -2.11. The summed E-state index contributed by atoms with van der Waals surface area (Å²) in [6, 6.07) is 3.89. The number of nitrogens with one attached hydrogen (secondary N) is 2. The van der Waals surface area contributed by atoms with Crippen molar-refractivity contribution in [3.8, 4) is 0 Å². The van der Waals surface area contributed by atoms with Gasteiger partial charge in [0.15, 0.2) is 0 Å². The van der Waals surface area contributed by atoms with E-state index < -0.39 is 0 Å². The second kappa shape index (κ2) is 6.93. The molecule has 0 bridgehead atoms. The molecular weight excluding hydrogens is 252 g/mol. The first kappa shape index (κ1) is 14.4. The summed E-state index contributed by atoms with van der Waals surface area (Å²) in [6.07, 6.45) is 4.47. The topological polar surface area (TPSA) is 63.0 Å². The van der Waals surface area contributed by atoms with Crippen molar-refractivity contribution in [2.75, 3.05) is 24.2 Å². The summed E-state index contributed by atoms with van der Waals surface area (Å²) in [5.74, 6) is 3.65. The van der Waals surface area contributed by atoms with Gasteiger partial charge in [-0.1, -0.05) is 6.92 Å². The van der Waals surface area contributed by atoms with Crippen LogP contribution in [-0.4, -0.2) is 23.6 Å². The summed E-state index contributed by atoms with van der Waals surface area (Å²) in [5, 5.41) is 6.50. The number of aryl methyl sites for hydroxylation is 1. The molecule has 2 aromatic rings. The Hall–Kier alpha value is -2.04. The van der Waals surface area contributed by atoms with Crippen LogP contribution in [0, 0.1) is 6.92 Å².